The average Bonchev–Trinajstić information content (AvgIpc) is 2.86. The van der Waals surface area contributed by atoms with E-state index < -0.39 is 6.09 Å². The van der Waals surface area contributed by atoms with Crippen molar-refractivity contribution in [1.29, 1.82) is 0 Å². The van der Waals surface area contributed by atoms with Crippen molar-refractivity contribution >= 4 is 17.9 Å². The Morgan fingerprint density at radius 3 is 1.79 bits per heavy atom. The lowest BCUT2D eigenvalue weighted by atomic mass is 10.1. The molecule has 108 valence electrons. The van der Waals surface area contributed by atoms with Crippen LogP contribution in [0.5, 0.6) is 0 Å². The molecule has 19 heavy (non-hydrogen) atoms. The van der Waals surface area contributed by atoms with Gasteiger partial charge in [-0.15, -0.1) is 0 Å². The van der Waals surface area contributed by atoms with Crippen molar-refractivity contribution in [3.8, 4) is 0 Å². The Labute approximate surface area is 113 Å². The van der Waals surface area contributed by atoms with E-state index in [2.05, 4.69) is 20.8 Å². The maximum atomic E-state index is 11.1. The Kier molecular flexibility index (Phi) is 4.91. The molecule has 0 aromatic rings. The van der Waals surface area contributed by atoms with Gasteiger partial charge in [0.15, 0.2) is 0 Å². The third-order valence-electron chi connectivity index (χ3n) is 3.19. The van der Waals surface area contributed by atoms with Gasteiger partial charge in [-0.2, -0.15) is 0 Å². The molecule has 6 heteroatoms. The van der Waals surface area contributed by atoms with Gasteiger partial charge in [-0.05, 0) is 33.6 Å². The van der Waals surface area contributed by atoms with E-state index in [0.717, 1.165) is 24.3 Å². The lowest BCUT2D eigenvalue weighted by Crippen LogP contribution is -2.41. The largest absolute Gasteiger partial charge is 0.465 e. The number of carboxylic acid groups (broad SMARTS) is 1. The molecule has 2 fully saturated rings. The van der Waals surface area contributed by atoms with Crippen LogP contribution in [0.25, 0.3) is 0 Å². The summed E-state index contributed by atoms with van der Waals surface area (Å²) in [5, 5.41) is 8.29. The van der Waals surface area contributed by atoms with Gasteiger partial charge in [0.05, 0.1) is 0 Å². The highest BCUT2D eigenvalue weighted by Crippen LogP contribution is 2.20. The van der Waals surface area contributed by atoms with Crippen LogP contribution < -0.4 is 0 Å². The first-order chi connectivity index (χ1) is 8.73. The molecule has 1 N–H and O–H groups in total. The highest BCUT2D eigenvalue weighted by atomic mass is 16.4. The van der Waals surface area contributed by atoms with E-state index in [-0.39, 0.29) is 11.4 Å². The monoisotopic (exact) mass is 270 g/mol. The molecule has 2 heterocycles. The van der Waals surface area contributed by atoms with Crippen molar-refractivity contribution in [2.75, 3.05) is 13.1 Å². The number of carbonyl (C=O) groups is 3. The first-order valence-electron chi connectivity index (χ1n) is 6.57. The van der Waals surface area contributed by atoms with E-state index in [0.29, 0.717) is 25.3 Å². The molecule has 2 rings (SSSR count). The molecular weight excluding hydrogens is 248 g/mol. The minimum absolute atomic E-state index is 0.0353. The van der Waals surface area contributed by atoms with Gasteiger partial charge >= 0.3 is 6.09 Å². The lowest BCUT2D eigenvalue weighted by Gasteiger charge is -2.31. The van der Waals surface area contributed by atoms with Crippen molar-refractivity contribution in [2.24, 2.45) is 0 Å². The first-order valence-corrected chi connectivity index (χ1v) is 6.57. The first kappa shape index (κ1) is 15.5. The van der Waals surface area contributed by atoms with Crippen LogP contribution in [0.15, 0.2) is 0 Å². The van der Waals surface area contributed by atoms with Crippen LogP contribution in [0, 0.1) is 0 Å². The van der Waals surface area contributed by atoms with E-state index >= 15 is 0 Å². The predicted molar refractivity (Wildman–Crippen MR) is 69.7 cm³/mol. The molecular formula is C13H22N2O4. The number of amides is 3. The number of rotatable bonds is 0. The van der Waals surface area contributed by atoms with Gasteiger partial charge in [0, 0.05) is 31.5 Å². The zero-order valence-corrected chi connectivity index (χ0v) is 11.8. The third-order valence-corrected chi connectivity index (χ3v) is 3.19. The Hall–Kier alpha value is -1.59. The summed E-state index contributed by atoms with van der Waals surface area (Å²) in [5.41, 5.74) is 0.0353. The van der Waals surface area contributed by atoms with E-state index in [1.165, 1.54) is 0 Å². The van der Waals surface area contributed by atoms with Gasteiger partial charge in [-0.1, -0.05) is 0 Å². The minimum Gasteiger partial charge on any atom is -0.465 e. The maximum Gasteiger partial charge on any atom is 0.414 e. The Bertz CT molecular complexity index is 373. The second kappa shape index (κ2) is 6.04. The standard InChI is InChI=1S/C8H15NO.C5H7NO3/c1-8(2,3)9-6-4-5-7(9)10;7-4-2-1-3-6(4)5(8)9/h4-6H2,1-3H3;1-3H2,(H,8,9). The van der Waals surface area contributed by atoms with Crippen molar-refractivity contribution in [1.82, 2.24) is 9.80 Å². The SMILES string of the molecule is CC(C)(C)N1CCCC1=O.O=C(O)N1CCCC1=O. The molecule has 0 atom stereocenters. The highest BCUT2D eigenvalue weighted by Gasteiger charge is 2.29. The zero-order valence-electron chi connectivity index (χ0n) is 11.8. The number of hydrogen-bond acceptors (Lipinski definition) is 3. The smallest absolute Gasteiger partial charge is 0.414 e. The molecule has 2 saturated heterocycles. The summed E-state index contributed by atoms with van der Waals surface area (Å²) in [6.45, 7) is 7.55. The van der Waals surface area contributed by atoms with E-state index in [9.17, 15) is 14.4 Å². The molecule has 2 aliphatic heterocycles. The van der Waals surface area contributed by atoms with Gasteiger partial charge in [0.2, 0.25) is 11.8 Å². The molecule has 0 saturated carbocycles. The fraction of sp³-hybridized carbons (Fsp3) is 0.769. The molecule has 2 aliphatic rings. The lowest BCUT2D eigenvalue weighted by molar-refractivity contribution is -0.131. The molecule has 3 amide bonds. The quantitative estimate of drug-likeness (QED) is 0.726. The minimum atomic E-state index is -1.13. The second-order valence-corrected chi connectivity index (χ2v) is 5.75. The van der Waals surface area contributed by atoms with Crippen LogP contribution in [0.1, 0.15) is 46.5 Å². The van der Waals surface area contributed by atoms with Gasteiger partial charge in [0.1, 0.15) is 0 Å². The summed E-state index contributed by atoms with van der Waals surface area (Å²) in [7, 11) is 0. The Balaban J connectivity index is 0.000000191. The molecule has 0 aliphatic carbocycles. The maximum absolute atomic E-state index is 11.1. The number of nitrogens with zero attached hydrogens (tertiary/aromatic N) is 2. The number of imide groups is 1. The number of carbonyl (C=O) groups excluding carboxylic acids is 2. The van der Waals surface area contributed by atoms with Gasteiger partial charge in [0.25, 0.3) is 0 Å². The van der Waals surface area contributed by atoms with Crippen molar-refractivity contribution in [2.45, 2.75) is 52.0 Å². The van der Waals surface area contributed by atoms with Crippen LogP contribution in [-0.4, -0.2) is 51.4 Å². The number of hydrogen-bond donors (Lipinski definition) is 1. The molecule has 0 spiro atoms. The summed E-state index contributed by atoms with van der Waals surface area (Å²) >= 11 is 0. The van der Waals surface area contributed by atoms with E-state index in [4.69, 9.17) is 5.11 Å². The summed E-state index contributed by atoms with van der Waals surface area (Å²) in [5.74, 6) is 0.0370. The van der Waals surface area contributed by atoms with Gasteiger partial charge in [-0.25, -0.2) is 9.69 Å². The Morgan fingerprint density at radius 2 is 1.58 bits per heavy atom. The van der Waals surface area contributed by atoms with Crippen LogP contribution in [0.2, 0.25) is 0 Å². The average molecular weight is 270 g/mol. The molecule has 0 unspecified atom stereocenters. The molecule has 0 aromatic heterocycles. The highest BCUT2D eigenvalue weighted by molar-refractivity contribution is 5.92. The van der Waals surface area contributed by atoms with Crippen LogP contribution in [0.3, 0.4) is 0 Å². The summed E-state index contributed by atoms with van der Waals surface area (Å²) in [6, 6.07) is 0. The predicted octanol–water partition coefficient (Wildman–Crippen LogP) is 1.69. The fourth-order valence-electron chi connectivity index (χ4n) is 2.21. The fourth-order valence-corrected chi connectivity index (χ4v) is 2.21. The van der Waals surface area contributed by atoms with Gasteiger partial charge < -0.3 is 10.0 Å². The zero-order chi connectivity index (χ0) is 14.6. The summed E-state index contributed by atoms with van der Waals surface area (Å²) in [4.78, 5) is 34.6. The molecule has 6 nitrogen and oxygen atoms in total. The van der Waals surface area contributed by atoms with Crippen molar-refractivity contribution in [3.63, 3.8) is 0 Å². The van der Waals surface area contributed by atoms with Gasteiger partial charge in [-0.3, -0.25) is 9.59 Å². The molecule has 0 bridgehead atoms. The molecule has 0 aromatic carbocycles. The van der Waals surface area contributed by atoms with Crippen molar-refractivity contribution < 1.29 is 19.5 Å². The third kappa shape index (κ3) is 4.22. The van der Waals surface area contributed by atoms with Crippen LogP contribution in [-0.2, 0) is 9.59 Å². The van der Waals surface area contributed by atoms with E-state index in [1.807, 2.05) is 4.90 Å². The van der Waals surface area contributed by atoms with Crippen molar-refractivity contribution in [3.05, 3.63) is 0 Å². The molecule has 0 radical (unpaired) electrons. The second-order valence-electron chi connectivity index (χ2n) is 5.75. The summed E-state index contributed by atoms with van der Waals surface area (Å²) < 4.78 is 0. The topological polar surface area (TPSA) is 77.9 Å². The van der Waals surface area contributed by atoms with Crippen LogP contribution >= 0.6 is 0 Å². The Morgan fingerprint density at radius 1 is 1.05 bits per heavy atom. The normalized spacial score (nSPS) is 19.5. The van der Waals surface area contributed by atoms with Crippen LogP contribution in [0.4, 0.5) is 4.79 Å². The summed E-state index contributed by atoms with van der Waals surface area (Å²) in [6.07, 6.45) is 1.71. The number of likely N-dealkylation sites (tertiary alicyclic amines) is 2. The van der Waals surface area contributed by atoms with E-state index in [1.54, 1.807) is 0 Å².